The Balaban J connectivity index is 1.47. The molecule has 1 aliphatic rings. The molecule has 0 aliphatic carbocycles. The number of carbonyl (C=O) groups is 1. The van der Waals surface area contributed by atoms with Crippen molar-refractivity contribution in [1.29, 1.82) is 0 Å². The lowest BCUT2D eigenvalue weighted by atomic mass is 9.87. The molecule has 1 aromatic carbocycles. The van der Waals surface area contributed by atoms with Crippen LogP contribution >= 0.6 is 0 Å². The van der Waals surface area contributed by atoms with E-state index in [9.17, 15) is 14.7 Å². The second-order valence-corrected chi connectivity index (χ2v) is 8.22. The predicted molar refractivity (Wildman–Crippen MR) is 109 cm³/mol. The fourth-order valence-corrected chi connectivity index (χ4v) is 3.09. The zero-order valence-corrected chi connectivity index (χ0v) is 17.3. The molecule has 2 aromatic rings. The molecule has 162 valence electrons. The Morgan fingerprint density at radius 1 is 1.30 bits per heavy atom. The summed E-state index contributed by atoms with van der Waals surface area (Å²) < 4.78 is 17.5. The topological polar surface area (TPSA) is 126 Å². The fraction of sp³-hybridized carbons (Fsp3) is 0.476. The molecule has 0 bridgehead atoms. The Hall–Kier alpha value is -2.91. The molecule has 0 spiro atoms. The first-order valence-corrected chi connectivity index (χ1v) is 9.70. The molecule has 9 nitrogen and oxygen atoms in total. The molecule has 1 aliphatic heterocycles. The molecule has 9 heteroatoms. The molecular formula is C21H27N3O6. The molecule has 0 amide bonds. The van der Waals surface area contributed by atoms with Gasteiger partial charge in [0.1, 0.15) is 30.5 Å². The van der Waals surface area contributed by atoms with Crippen molar-refractivity contribution < 1.29 is 24.1 Å². The van der Waals surface area contributed by atoms with E-state index >= 15 is 0 Å². The maximum atomic E-state index is 12.0. The number of esters is 1. The van der Waals surface area contributed by atoms with Crippen LogP contribution < -0.4 is 16.2 Å². The third-order valence-corrected chi connectivity index (χ3v) is 4.85. The average molecular weight is 417 g/mol. The van der Waals surface area contributed by atoms with Gasteiger partial charge in [-0.2, -0.15) is 4.98 Å². The quantitative estimate of drug-likeness (QED) is 0.676. The van der Waals surface area contributed by atoms with Crippen molar-refractivity contribution in [2.75, 3.05) is 18.9 Å². The number of nitrogens with zero attached hydrogens (tertiary/aromatic N) is 2. The van der Waals surface area contributed by atoms with Crippen LogP contribution in [-0.4, -0.2) is 46.0 Å². The number of rotatable bonds is 6. The summed E-state index contributed by atoms with van der Waals surface area (Å²) in [5.41, 5.74) is 6.10. The van der Waals surface area contributed by atoms with Gasteiger partial charge in [-0.25, -0.2) is 9.59 Å². The third kappa shape index (κ3) is 5.37. The summed E-state index contributed by atoms with van der Waals surface area (Å²) in [5, 5.41) is 10.2. The van der Waals surface area contributed by atoms with Gasteiger partial charge >= 0.3 is 11.7 Å². The van der Waals surface area contributed by atoms with E-state index in [-0.39, 0.29) is 30.9 Å². The van der Waals surface area contributed by atoms with Crippen LogP contribution in [0.5, 0.6) is 5.75 Å². The molecule has 0 saturated carbocycles. The zero-order chi connectivity index (χ0) is 21.9. The minimum absolute atomic E-state index is 0.0327. The van der Waals surface area contributed by atoms with Gasteiger partial charge in [0.25, 0.3) is 0 Å². The summed E-state index contributed by atoms with van der Waals surface area (Å²) >= 11 is 0. The van der Waals surface area contributed by atoms with E-state index in [0.717, 1.165) is 5.56 Å². The zero-order valence-electron chi connectivity index (χ0n) is 17.3. The molecule has 1 aromatic heterocycles. The molecule has 3 rings (SSSR count). The number of aliphatic hydroxyl groups excluding tert-OH is 1. The lowest BCUT2D eigenvalue weighted by Crippen LogP contribution is -2.30. The Kier molecular flexibility index (Phi) is 6.42. The smallest absolute Gasteiger partial charge is 0.351 e. The minimum Gasteiger partial charge on any atom is -0.482 e. The van der Waals surface area contributed by atoms with Gasteiger partial charge < -0.3 is 25.1 Å². The molecule has 2 heterocycles. The average Bonchev–Trinajstić information content (AvgIpc) is 3.04. The molecule has 0 unspecified atom stereocenters. The lowest BCUT2D eigenvalue weighted by Gasteiger charge is -2.19. The number of anilines is 1. The van der Waals surface area contributed by atoms with Gasteiger partial charge in [0.15, 0.2) is 6.61 Å². The minimum atomic E-state index is -0.891. The number of benzene rings is 1. The summed E-state index contributed by atoms with van der Waals surface area (Å²) in [6.45, 7) is 5.93. The Morgan fingerprint density at radius 3 is 2.63 bits per heavy atom. The second-order valence-electron chi connectivity index (χ2n) is 8.22. The van der Waals surface area contributed by atoms with Crippen LogP contribution in [-0.2, 0) is 19.7 Å². The maximum Gasteiger partial charge on any atom is 0.351 e. The third-order valence-electron chi connectivity index (χ3n) is 4.85. The molecule has 0 radical (unpaired) electrons. The Labute approximate surface area is 174 Å². The van der Waals surface area contributed by atoms with Gasteiger partial charge in [-0.05, 0) is 29.2 Å². The largest absolute Gasteiger partial charge is 0.482 e. The number of nitrogens with two attached hydrogens (primary N) is 1. The van der Waals surface area contributed by atoms with E-state index in [4.69, 9.17) is 19.9 Å². The van der Waals surface area contributed by atoms with Gasteiger partial charge in [0.05, 0.1) is 6.10 Å². The number of aliphatic hydroxyl groups is 1. The fourth-order valence-electron chi connectivity index (χ4n) is 3.09. The summed E-state index contributed by atoms with van der Waals surface area (Å²) in [7, 11) is 0. The van der Waals surface area contributed by atoms with Crippen molar-refractivity contribution >= 4 is 11.8 Å². The summed E-state index contributed by atoms with van der Waals surface area (Å²) in [5.74, 6) is 0.0844. The highest BCUT2D eigenvalue weighted by Crippen LogP contribution is 2.28. The van der Waals surface area contributed by atoms with Crippen molar-refractivity contribution in [2.24, 2.45) is 0 Å². The number of ether oxygens (including phenoxy) is 3. The van der Waals surface area contributed by atoms with Gasteiger partial charge in [-0.3, -0.25) is 4.57 Å². The number of aromatic nitrogens is 2. The van der Waals surface area contributed by atoms with Gasteiger partial charge in [0, 0.05) is 12.6 Å². The van der Waals surface area contributed by atoms with Gasteiger partial charge in [0.2, 0.25) is 0 Å². The van der Waals surface area contributed by atoms with Crippen LogP contribution in [0.4, 0.5) is 5.82 Å². The highest BCUT2D eigenvalue weighted by Gasteiger charge is 2.36. The van der Waals surface area contributed by atoms with Gasteiger partial charge in [-0.15, -0.1) is 0 Å². The molecular weight excluding hydrogens is 390 g/mol. The number of carbonyl (C=O) groups excluding carboxylic acids is 1. The molecule has 1 saturated heterocycles. The Morgan fingerprint density at radius 2 is 2.00 bits per heavy atom. The van der Waals surface area contributed by atoms with Crippen molar-refractivity contribution in [3.8, 4) is 5.75 Å². The highest BCUT2D eigenvalue weighted by molar-refractivity contribution is 5.71. The second kappa shape index (κ2) is 8.85. The van der Waals surface area contributed by atoms with E-state index in [1.54, 1.807) is 12.1 Å². The molecule has 30 heavy (non-hydrogen) atoms. The van der Waals surface area contributed by atoms with E-state index in [2.05, 4.69) is 25.8 Å². The summed E-state index contributed by atoms with van der Waals surface area (Å²) in [6.07, 6.45) is -0.728. The molecule has 3 N–H and O–H groups in total. The molecule has 3 atom stereocenters. The predicted octanol–water partition coefficient (Wildman–Crippen LogP) is 1.39. The summed E-state index contributed by atoms with van der Waals surface area (Å²) in [6, 6.07) is 8.99. The van der Waals surface area contributed by atoms with Crippen molar-refractivity contribution in [2.45, 2.75) is 51.0 Å². The van der Waals surface area contributed by atoms with Crippen molar-refractivity contribution in [3.63, 3.8) is 0 Å². The highest BCUT2D eigenvalue weighted by atomic mass is 16.6. The lowest BCUT2D eigenvalue weighted by molar-refractivity contribution is -0.152. The standard InChI is InChI=1S/C21H27N3O6/c1-21(2,3)13-4-6-14(7-5-13)28-12-19(26)29-11-16-15(25)10-18(30-16)24-9-8-17(22)23-20(24)27/h4-9,15-16,18,25H,10-12H2,1-3H3,(H2,22,23,27)/t15-,16+,18+/m0/s1. The SMILES string of the molecule is CC(C)(C)c1ccc(OCC(=O)OC[C@H]2O[C@@H](n3ccc(N)nc3=O)C[C@@H]2O)cc1. The number of hydrogen-bond donors (Lipinski definition) is 2. The number of nitrogen functional groups attached to an aromatic ring is 1. The molecule has 1 fully saturated rings. The van der Waals surface area contributed by atoms with E-state index in [1.807, 2.05) is 12.1 Å². The van der Waals surface area contributed by atoms with Crippen molar-refractivity contribution in [1.82, 2.24) is 9.55 Å². The monoisotopic (exact) mass is 417 g/mol. The number of hydrogen-bond acceptors (Lipinski definition) is 8. The van der Waals surface area contributed by atoms with E-state index in [1.165, 1.54) is 16.8 Å². The van der Waals surface area contributed by atoms with Gasteiger partial charge in [-0.1, -0.05) is 32.9 Å². The Bertz CT molecular complexity index is 935. The first-order valence-electron chi connectivity index (χ1n) is 9.70. The van der Waals surface area contributed by atoms with Crippen molar-refractivity contribution in [3.05, 3.63) is 52.6 Å². The first kappa shape index (κ1) is 21.8. The first-order chi connectivity index (χ1) is 14.1. The van der Waals surface area contributed by atoms with Crippen LogP contribution in [0, 0.1) is 0 Å². The van der Waals surface area contributed by atoms with Crippen LogP contribution in [0.25, 0.3) is 0 Å². The summed E-state index contributed by atoms with van der Waals surface area (Å²) in [4.78, 5) is 27.5. The van der Waals surface area contributed by atoms with Crippen LogP contribution in [0.15, 0.2) is 41.3 Å². The van der Waals surface area contributed by atoms with Crippen LogP contribution in [0.3, 0.4) is 0 Å². The normalized spacial score (nSPS) is 21.4. The van der Waals surface area contributed by atoms with E-state index in [0.29, 0.717) is 5.75 Å². The van der Waals surface area contributed by atoms with Crippen LogP contribution in [0.2, 0.25) is 0 Å². The van der Waals surface area contributed by atoms with Crippen LogP contribution in [0.1, 0.15) is 39.0 Å². The maximum absolute atomic E-state index is 12.0. The van der Waals surface area contributed by atoms with E-state index < -0.39 is 30.1 Å².